The third kappa shape index (κ3) is 2.00. The summed E-state index contributed by atoms with van der Waals surface area (Å²) < 4.78 is 0. The molecule has 2 heterocycles. The number of carbonyl (C=O) groups is 2. The minimum Gasteiger partial charge on any atom is -0.390 e. The average molecular weight is 253 g/mol. The van der Waals surface area contributed by atoms with E-state index in [0.717, 1.165) is 0 Å². The fourth-order valence-electron chi connectivity index (χ4n) is 1.54. The van der Waals surface area contributed by atoms with Gasteiger partial charge in [-0.3, -0.25) is 20.3 Å². The van der Waals surface area contributed by atoms with Crippen molar-refractivity contribution in [2.75, 3.05) is 0 Å². The van der Waals surface area contributed by atoms with Crippen molar-refractivity contribution in [3.05, 3.63) is 0 Å². The molecule has 5 N–H and O–H groups in total. The first-order valence-electron chi connectivity index (χ1n) is 5.13. The number of amides is 2. The molecule has 2 aliphatic rings. The van der Waals surface area contributed by atoms with Crippen LogP contribution in [-0.2, 0) is 9.59 Å². The number of amidine groups is 1. The zero-order chi connectivity index (χ0) is 13.4. The molecular formula is C9H11N5O4. The minimum atomic E-state index is -1.48. The van der Waals surface area contributed by atoms with Crippen molar-refractivity contribution in [2.45, 2.75) is 25.2 Å². The lowest BCUT2D eigenvalue weighted by atomic mass is 10.1. The van der Waals surface area contributed by atoms with E-state index in [0.29, 0.717) is 0 Å². The maximum absolute atomic E-state index is 11.6. The summed E-state index contributed by atoms with van der Waals surface area (Å²) in [6.45, 7) is 1.30. The largest absolute Gasteiger partial charge is 0.390 e. The van der Waals surface area contributed by atoms with Crippen molar-refractivity contribution in [1.82, 2.24) is 10.6 Å². The fourth-order valence-corrected chi connectivity index (χ4v) is 1.54. The molecule has 0 radical (unpaired) electrons. The summed E-state index contributed by atoms with van der Waals surface area (Å²) in [6.07, 6.45) is -2.67. The molecule has 0 bridgehead atoms. The Kier molecular flexibility index (Phi) is 2.93. The molecule has 2 rings (SSSR count). The van der Waals surface area contributed by atoms with Gasteiger partial charge in [0.05, 0.1) is 6.10 Å². The number of nitrogens with one attached hydrogen (secondary N) is 3. The summed E-state index contributed by atoms with van der Waals surface area (Å²) in [6, 6.07) is -1.07. The second-order valence-corrected chi connectivity index (χ2v) is 3.90. The summed E-state index contributed by atoms with van der Waals surface area (Å²) >= 11 is 0. The Labute approximate surface area is 101 Å². The standard InChI is InChI=1S/C9H11N5O4/c1-2(15)5(16)3-7(17)12-4-6(11-3)13-9(10)14-8(4)18/h2,4-5,15-16H,1H3,(H,12,17)(H2,10,14,18)/t2-,4?,5-/m1/s1. The highest BCUT2D eigenvalue weighted by Gasteiger charge is 2.39. The highest BCUT2D eigenvalue weighted by atomic mass is 16.3. The second-order valence-electron chi connectivity index (χ2n) is 3.90. The van der Waals surface area contributed by atoms with Crippen molar-refractivity contribution in [3.8, 4) is 0 Å². The van der Waals surface area contributed by atoms with Gasteiger partial charge in [-0.2, -0.15) is 4.99 Å². The Morgan fingerprint density at radius 2 is 2.00 bits per heavy atom. The fraction of sp³-hybridized carbons (Fsp3) is 0.444. The highest BCUT2D eigenvalue weighted by molar-refractivity contribution is 6.46. The molecular weight excluding hydrogens is 242 g/mol. The lowest BCUT2D eigenvalue weighted by Gasteiger charge is -2.27. The summed E-state index contributed by atoms with van der Waals surface area (Å²) in [4.78, 5) is 30.5. The molecule has 0 aromatic heterocycles. The smallest absolute Gasteiger partial charge is 0.269 e. The molecule has 96 valence electrons. The van der Waals surface area contributed by atoms with Gasteiger partial charge in [0.1, 0.15) is 11.8 Å². The maximum Gasteiger partial charge on any atom is 0.269 e. The van der Waals surface area contributed by atoms with Crippen molar-refractivity contribution < 1.29 is 19.8 Å². The molecule has 0 spiro atoms. The number of hydrogen-bond donors (Lipinski definition) is 5. The van der Waals surface area contributed by atoms with Crippen LogP contribution in [0.15, 0.2) is 9.98 Å². The first kappa shape index (κ1) is 12.3. The highest BCUT2D eigenvalue weighted by Crippen LogP contribution is 2.08. The lowest BCUT2D eigenvalue weighted by molar-refractivity contribution is -0.124. The number of rotatable bonds is 2. The van der Waals surface area contributed by atoms with Crippen LogP contribution in [0.5, 0.6) is 0 Å². The van der Waals surface area contributed by atoms with Crippen molar-refractivity contribution in [3.63, 3.8) is 0 Å². The van der Waals surface area contributed by atoms with Crippen molar-refractivity contribution in [2.24, 2.45) is 9.98 Å². The quantitative estimate of drug-likeness (QED) is 0.360. The monoisotopic (exact) mass is 253 g/mol. The van der Waals surface area contributed by atoms with E-state index in [1.165, 1.54) is 6.92 Å². The van der Waals surface area contributed by atoms with Crippen LogP contribution in [0, 0.1) is 5.41 Å². The molecule has 3 atom stereocenters. The summed E-state index contributed by atoms with van der Waals surface area (Å²) in [5.74, 6) is -1.85. The van der Waals surface area contributed by atoms with Crippen molar-refractivity contribution in [1.29, 1.82) is 5.41 Å². The third-order valence-electron chi connectivity index (χ3n) is 2.47. The average Bonchev–Trinajstić information content (AvgIpc) is 2.28. The Balaban J connectivity index is 2.40. The number of aliphatic hydroxyl groups excluding tert-OH is 2. The lowest BCUT2D eigenvalue weighted by Crippen LogP contribution is -2.61. The molecule has 9 nitrogen and oxygen atoms in total. The van der Waals surface area contributed by atoms with Gasteiger partial charge in [-0.25, -0.2) is 4.99 Å². The van der Waals surface area contributed by atoms with Crippen LogP contribution in [0.2, 0.25) is 0 Å². The van der Waals surface area contributed by atoms with Gasteiger partial charge in [0.25, 0.3) is 11.8 Å². The van der Waals surface area contributed by atoms with E-state index in [1.54, 1.807) is 0 Å². The molecule has 2 amide bonds. The van der Waals surface area contributed by atoms with E-state index in [1.807, 2.05) is 0 Å². The zero-order valence-electron chi connectivity index (χ0n) is 9.34. The summed E-state index contributed by atoms with van der Waals surface area (Å²) in [5.41, 5.74) is -0.331. The first-order valence-corrected chi connectivity index (χ1v) is 5.13. The number of aliphatic hydroxyl groups is 2. The minimum absolute atomic E-state index is 0.0851. The van der Waals surface area contributed by atoms with E-state index < -0.39 is 36.0 Å². The topological polar surface area (TPSA) is 147 Å². The number of aliphatic imine (C=N–C) groups is 2. The predicted molar refractivity (Wildman–Crippen MR) is 60.4 cm³/mol. The Bertz CT molecular complexity index is 495. The maximum atomic E-state index is 11.6. The van der Waals surface area contributed by atoms with E-state index >= 15 is 0 Å². The van der Waals surface area contributed by atoms with Gasteiger partial charge < -0.3 is 15.5 Å². The van der Waals surface area contributed by atoms with Crippen LogP contribution in [0.3, 0.4) is 0 Å². The summed E-state index contributed by atoms with van der Waals surface area (Å²) in [5, 5.41) is 30.5. The number of fused-ring (bicyclic) bond motifs is 1. The van der Waals surface area contributed by atoms with E-state index in [2.05, 4.69) is 20.6 Å². The zero-order valence-corrected chi connectivity index (χ0v) is 9.34. The number of hydrogen-bond acceptors (Lipinski definition) is 6. The van der Waals surface area contributed by atoms with Gasteiger partial charge in [0.2, 0.25) is 5.96 Å². The van der Waals surface area contributed by atoms with Crippen LogP contribution in [0.1, 0.15) is 6.92 Å². The van der Waals surface area contributed by atoms with E-state index in [-0.39, 0.29) is 11.5 Å². The number of guanidine groups is 1. The summed E-state index contributed by atoms with van der Waals surface area (Å²) in [7, 11) is 0. The molecule has 0 aromatic carbocycles. The van der Waals surface area contributed by atoms with Crippen LogP contribution in [-0.4, -0.2) is 57.8 Å². The Hall–Kier alpha value is -2.13. The first-order chi connectivity index (χ1) is 8.40. The molecule has 0 aromatic rings. The molecule has 2 aliphatic heterocycles. The van der Waals surface area contributed by atoms with Gasteiger partial charge in [-0.15, -0.1) is 0 Å². The van der Waals surface area contributed by atoms with Crippen LogP contribution < -0.4 is 10.6 Å². The SMILES string of the molecule is C[C@@H](O)[C@@H](O)C1=NC2=NC(=N)NC(=O)C2NC1=O. The van der Waals surface area contributed by atoms with Crippen LogP contribution in [0.4, 0.5) is 0 Å². The van der Waals surface area contributed by atoms with E-state index in [9.17, 15) is 19.8 Å². The van der Waals surface area contributed by atoms with Gasteiger partial charge in [0, 0.05) is 0 Å². The van der Waals surface area contributed by atoms with Crippen LogP contribution in [0.25, 0.3) is 0 Å². The van der Waals surface area contributed by atoms with Crippen LogP contribution >= 0.6 is 0 Å². The number of carbonyl (C=O) groups excluding carboxylic acids is 2. The third-order valence-corrected chi connectivity index (χ3v) is 2.47. The number of nitrogens with zero attached hydrogens (tertiary/aromatic N) is 2. The van der Waals surface area contributed by atoms with Gasteiger partial charge in [0.15, 0.2) is 11.9 Å². The predicted octanol–water partition coefficient (Wildman–Crippen LogP) is -2.87. The Morgan fingerprint density at radius 3 is 2.61 bits per heavy atom. The molecule has 18 heavy (non-hydrogen) atoms. The Morgan fingerprint density at radius 1 is 1.33 bits per heavy atom. The molecule has 9 heteroatoms. The van der Waals surface area contributed by atoms with E-state index in [4.69, 9.17) is 5.41 Å². The molecule has 0 aliphatic carbocycles. The molecule has 0 saturated heterocycles. The second kappa shape index (κ2) is 4.27. The molecule has 0 fully saturated rings. The molecule has 0 saturated carbocycles. The normalized spacial score (nSPS) is 26.4. The van der Waals surface area contributed by atoms with Crippen molar-refractivity contribution >= 4 is 29.3 Å². The van der Waals surface area contributed by atoms with Gasteiger partial charge in [-0.1, -0.05) is 0 Å². The van der Waals surface area contributed by atoms with Gasteiger partial charge >= 0.3 is 0 Å². The van der Waals surface area contributed by atoms with Gasteiger partial charge in [-0.05, 0) is 6.92 Å². The molecule has 1 unspecified atom stereocenters.